The van der Waals surface area contributed by atoms with Crippen LogP contribution in [0.3, 0.4) is 0 Å². The molecule has 3 aliphatic rings. The monoisotopic (exact) mass is 652 g/mol. The van der Waals surface area contributed by atoms with Crippen molar-refractivity contribution in [3.8, 4) is 18.2 Å². The van der Waals surface area contributed by atoms with Crippen LogP contribution in [0.15, 0.2) is 46.9 Å². The molecule has 4 heterocycles. The van der Waals surface area contributed by atoms with Crippen molar-refractivity contribution in [1.29, 1.82) is 15.8 Å². The molecule has 2 N–H and O–H groups in total. The highest BCUT2D eigenvalue weighted by atomic mass is 35.5. The first-order valence-electron chi connectivity index (χ1n) is 13.0. The number of allylic oxidation sites excluding steroid dienone is 2. The van der Waals surface area contributed by atoms with E-state index in [1.165, 1.54) is 0 Å². The van der Waals surface area contributed by atoms with Crippen LogP contribution in [-0.2, 0) is 12.4 Å². The first-order valence-corrected chi connectivity index (χ1v) is 13.8. The van der Waals surface area contributed by atoms with Gasteiger partial charge in [-0.05, 0) is 42.5 Å². The van der Waals surface area contributed by atoms with Crippen molar-refractivity contribution in [3.05, 3.63) is 68.1 Å². The molecule has 0 bridgehead atoms. The van der Waals surface area contributed by atoms with Crippen LogP contribution in [0.25, 0.3) is 0 Å². The van der Waals surface area contributed by atoms with Crippen LogP contribution in [0.4, 0.5) is 38.0 Å². The number of aromatic nitrogens is 2. The Bertz CT molecular complexity index is 1710. The summed E-state index contributed by atoms with van der Waals surface area (Å²) in [4.78, 5) is 11.2. The third-order valence-corrected chi connectivity index (χ3v) is 9.13. The molecule has 0 aromatic carbocycles. The highest BCUT2D eigenvalue weighted by Crippen LogP contribution is 2.61. The number of alkyl halides is 6. The summed E-state index contributed by atoms with van der Waals surface area (Å²) in [6, 6.07) is 7.67. The summed E-state index contributed by atoms with van der Waals surface area (Å²) in [6.45, 7) is 0.397. The van der Waals surface area contributed by atoms with Gasteiger partial charge in [-0.3, -0.25) is 0 Å². The predicted molar refractivity (Wildman–Crippen MR) is 147 cm³/mol. The molecule has 0 radical (unpaired) electrons. The third kappa shape index (κ3) is 4.75. The fraction of sp³-hybridized carbons (Fsp3) is 0.393. The maximum Gasteiger partial charge on any atom is 0.417 e. The van der Waals surface area contributed by atoms with Gasteiger partial charge in [-0.2, -0.15) is 42.1 Å². The lowest BCUT2D eigenvalue weighted by atomic mass is 9.50. The number of hydrogen-bond acceptors (Lipinski definition) is 8. The van der Waals surface area contributed by atoms with Crippen LogP contribution in [0.5, 0.6) is 0 Å². The van der Waals surface area contributed by atoms with Crippen molar-refractivity contribution in [3.63, 3.8) is 0 Å². The standard InChI is InChI=1S/C28H20Cl2F6N8/c29-20-7-15(27(31,32)33)10-41-23(20)43-5-2-25(3-6-43)19-12-44(24-21(30)8-16(11-42-24)28(34,35)36)4-1-17(19)18(9-37)22(40)26(25,13-38)14-39/h7-8,10-11H,1-6,12,40H2. The van der Waals surface area contributed by atoms with Crippen LogP contribution < -0.4 is 15.5 Å². The molecule has 1 fully saturated rings. The van der Waals surface area contributed by atoms with E-state index in [2.05, 4.69) is 22.1 Å². The van der Waals surface area contributed by atoms with Gasteiger partial charge >= 0.3 is 12.4 Å². The van der Waals surface area contributed by atoms with Gasteiger partial charge in [0.1, 0.15) is 17.7 Å². The molecule has 16 heteroatoms. The minimum atomic E-state index is -4.66. The summed E-state index contributed by atoms with van der Waals surface area (Å²) in [5.41, 5.74) is 1.97. The Labute approximate surface area is 257 Å². The molecule has 1 saturated heterocycles. The number of piperidine rings is 1. The van der Waals surface area contributed by atoms with Crippen LogP contribution in [0, 0.1) is 44.8 Å². The second-order valence-corrected chi connectivity index (χ2v) is 11.4. The molecule has 44 heavy (non-hydrogen) atoms. The minimum absolute atomic E-state index is 0.00488. The average molecular weight is 653 g/mol. The fourth-order valence-corrected chi connectivity index (χ4v) is 6.97. The van der Waals surface area contributed by atoms with E-state index in [1.54, 1.807) is 9.80 Å². The highest BCUT2D eigenvalue weighted by Gasteiger charge is 2.62. The number of nitriles is 3. The second kappa shape index (κ2) is 10.8. The molecule has 2 aromatic heterocycles. The summed E-state index contributed by atoms with van der Waals surface area (Å²) < 4.78 is 79.2. The van der Waals surface area contributed by atoms with Gasteiger partial charge in [-0.15, -0.1) is 0 Å². The van der Waals surface area contributed by atoms with E-state index in [9.17, 15) is 42.1 Å². The van der Waals surface area contributed by atoms with Gasteiger partial charge in [0.2, 0.25) is 0 Å². The van der Waals surface area contributed by atoms with Crippen molar-refractivity contribution < 1.29 is 26.3 Å². The van der Waals surface area contributed by atoms with Gasteiger partial charge in [0.15, 0.2) is 5.41 Å². The molecule has 0 saturated carbocycles. The van der Waals surface area contributed by atoms with E-state index in [-0.39, 0.29) is 78.4 Å². The number of rotatable bonds is 2. The first kappa shape index (κ1) is 31.2. The molecule has 0 unspecified atom stereocenters. The zero-order valence-electron chi connectivity index (χ0n) is 22.5. The lowest BCUT2D eigenvalue weighted by Gasteiger charge is -2.54. The van der Waals surface area contributed by atoms with Gasteiger partial charge in [0.25, 0.3) is 0 Å². The zero-order valence-corrected chi connectivity index (χ0v) is 24.0. The molecule has 8 nitrogen and oxygen atoms in total. The smallest absolute Gasteiger partial charge is 0.399 e. The van der Waals surface area contributed by atoms with E-state index in [1.807, 2.05) is 6.07 Å². The SMILES string of the molecule is N#CC1=C(N)C(C#N)(C#N)C2(CCN(c3ncc(C(F)(F)F)cc3Cl)CC2)C2=C1CCN(c1ncc(C(F)(F)F)cc1Cl)C2. The molecule has 1 spiro atoms. The van der Waals surface area contributed by atoms with E-state index in [0.29, 0.717) is 23.5 Å². The molecule has 5 rings (SSSR count). The lowest BCUT2D eigenvalue weighted by Crippen LogP contribution is -2.57. The Hall–Kier alpha value is -4.19. The van der Waals surface area contributed by atoms with Crippen molar-refractivity contribution >= 4 is 34.8 Å². The van der Waals surface area contributed by atoms with Crippen molar-refractivity contribution in [2.24, 2.45) is 16.6 Å². The fourth-order valence-electron chi connectivity index (χ4n) is 6.40. The van der Waals surface area contributed by atoms with Crippen LogP contribution in [0.2, 0.25) is 10.0 Å². The van der Waals surface area contributed by atoms with Crippen molar-refractivity contribution in [2.75, 3.05) is 36.0 Å². The maximum atomic E-state index is 13.2. The van der Waals surface area contributed by atoms with E-state index in [0.717, 1.165) is 12.1 Å². The maximum absolute atomic E-state index is 13.2. The van der Waals surface area contributed by atoms with Crippen molar-refractivity contribution in [1.82, 2.24) is 9.97 Å². The number of pyridine rings is 2. The van der Waals surface area contributed by atoms with Gasteiger partial charge < -0.3 is 15.5 Å². The molecule has 2 aromatic rings. The molecule has 0 amide bonds. The van der Waals surface area contributed by atoms with E-state index >= 15 is 0 Å². The lowest BCUT2D eigenvalue weighted by molar-refractivity contribution is -0.138. The van der Waals surface area contributed by atoms with Gasteiger partial charge in [0.05, 0.1) is 44.6 Å². The third-order valence-electron chi connectivity index (χ3n) is 8.58. The summed E-state index contributed by atoms with van der Waals surface area (Å²) in [5.74, 6) is 0.145. The van der Waals surface area contributed by atoms with Crippen LogP contribution >= 0.6 is 23.2 Å². The van der Waals surface area contributed by atoms with Gasteiger partial charge in [0, 0.05) is 44.0 Å². The van der Waals surface area contributed by atoms with Gasteiger partial charge in [-0.25, -0.2) is 9.97 Å². The minimum Gasteiger partial charge on any atom is -0.399 e. The summed E-state index contributed by atoms with van der Waals surface area (Å²) >= 11 is 12.4. The average Bonchev–Trinajstić information content (AvgIpc) is 2.97. The summed E-state index contributed by atoms with van der Waals surface area (Å²) in [6.07, 6.45) is -7.60. The Kier molecular flexibility index (Phi) is 7.64. The molecule has 0 atom stereocenters. The predicted octanol–water partition coefficient (Wildman–Crippen LogP) is 6.40. The van der Waals surface area contributed by atoms with Crippen molar-refractivity contribution in [2.45, 2.75) is 31.6 Å². The Morgan fingerprint density at radius 1 is 0.818 bits per heavy atom. The number of anilines is 2. The molecule has 228 valence electrons. The number of fused-ring (bicyclic) bond motifs is 1. The highest BCUT2D eigenvalue weighted by molar-refractivity contribution is 6.33. The quantitative estimate of drug-likeness (QED) is 0.369. The Morgan fingerprint density at radius 3 is 1.75 bits per heavy atom. The molecule has 2 aliphatic heterocycles. The van der Waals surface area contributed by atoms with E-state index < -0.39 is 34.3 Å². The zero-order chi connectivity index (χ0) is 32.2. The molecular formula is C28H20Cl2F6N8. The largest absolute Gasteiger partial charge is 0.417 e. The Balaban J connectivity index is 1.56. The summed E-state index contributed by atoms with van der Waals surface area (Å²) in [5, 5.41) is 30.5. The number of hydrogen-bond donors (Lipinski definition) is 1. The first-order chi connectivity index (χ1) is 20.6. The second-order valence-electron chi connectivity index (χ2n) is 10.6. The number of nitrogens with zero attached hydrogens (tertiary/aromatic N) is 7. The van der Waals surface area contributed by atoms with Gasteiger partial charge in [-0.1, -0.05) is 23.2 Å². The topological polar surface area (TPSA) is 130 Å². The van der Waals surface area contributed by atoms with Crippen LogP contribution in [-0.4, -0.2) is 36.1 Å². The Morgan fingerprint density at radius 2 is 1.32 bits per heavy atom. The number of nitrogens with two attached hydrogens (primary N) is 1. The summed E-state index contributed by atoms with van der Waals surface area (Å²) in [7, 11) is 0. The molecular weight excluding hydrogens is 633 g/mol. The normalized spacial score (nSPS) is 19.8. The van der Waals surface area contributed by atoms with Crippen LogP contribution in [0.1, 0.15) is 30.4 Å². The molecule has 1 aliphatic carbocycles. The number of halogens is 8. The van der Waals surface area contributed by atoms with E-state index in [4.69, 9.17) is 28.9 Å².